The minimum Gasteiger partial charge on any atom is -0.382 e. The molecule has 1 fully saturated rings. The summed E-state index contributed by atoms with van der Waals surface area (Å²) in [6, 6.07) is 3.54. The van der Waals surface area contributed by atoms with E-state index in [-0.39, 0.29) is 5.84 Å². The molecule has 1 aromatic heterocycles. The lowest BCUT2D eigenvalue weighted by Gasteiger charge is -2.34. The van der Waals surface area contributed by atoms with Crippen LogP contribution in [0.5, 0.6) is 0 Å². The molecule has 1 aliphatic heterocycles. The molecule has 3 N–H and O–H groups in total. The number of piperazine rings is 1. The van der Waals surface area contributed by atoms with Gasteiger partial charge in [-0.2, -0.15) is 4.31 Å². The molecule has 0 saturated carbocycles. The summed E-state index contributed by atoms with van der Waals surface area (Å²) in [6.07, 6.45) is 2.89. The molecular weight excluding hydrogens is 266 g/mol. The third kappa shape index (κ3) is 3.21. The third-order valence-corrected chi connectivity index (χ3v) is 4.40. The SMILES string of the molecule is CS(=O)(=O)N1CCN(c2ccc(C(=N)N)nc2)CC1. The number of aromatic nitrogens is 1. The van der Waals surface area contributed by atoms with Crippen LogP contribution in [0.1, 0.15) is 5.69 Å². The van der Waals surface area contributed by atoms with Crippen LogP contribution in [0, 0.1) is 5.41 Å². The first kappa shape index (κ1) is 13.8. The van der Waals surface area contributed by atoms with E-state index in [2.05, 4.69) is 9.88 Å². The molecule has 104 valence electrons. The summed E-state index contributed by atoms with van der Waals surface area (Å²) in [4.78, 5) is 6.17. The van der Waals surface area contributed by atoms with Crippen molar-refractivity contribution >= 4 is 21.5 Å². The highest BCUT2D eigenvalue weighted by molar-refractivity contribution is 7.88. The molecule has 0 spiro atoms. The Bertz CT molecular complexity index is 561. The first-order valence-electron chi connectivity index (χ1n) is 5.88. The average Bonchev–Trinajstić information content (AvgIpc) is 2.38. The molecule has 0 aliphatic carbocycles. The lowest BCUT2D eigenvalue weighted by Crippen LogP contribution is -2.48. The zero-order valence-electron chi connectivity index (χ0n) is 10.7. The highest BCUT2D eigenvalue weighted by Gasteiger charge is 2.23. The van der Waals surface area contributed by atoms with Crippen molar-refractivity contribution < 1.29 is 8.42 Å². The van der Waals surface area contributed by atoms with Crippen LogP contribution in [0.25, 0.3) is 0 Å². The van der Waals surface area contributed by atoms with Gasteiger partial charge in [-0.05, 0) is 12.1 Å². The Morgan fingerprint density at radius 2 is 1.95 bits per heavy atom. The van der Waals surface area contributed by atoms with Crippen LogP contribution < -0.4 is 10.6 Å². The monoisotopic (exact) mass is 283 g/mol. The van der Waals surface area contributed by atoms with E-state index < -0.39 is 10.0 Å². The highest BCUT2D eigenvalue weighted by atomic mass is 32.2. The van der Waals surface area contributed by atoms with E-state index >= 15 is 0 Å². The number of nitrogens with two attached hydrogens (primary N) is 1. The molecule has 1 saturated heterocycles. The summed E-state index contributed by atoms with van der Waals surface area (Å²) >= 11 is 0. The van der Waals surface area contributed by atoms with Crippen LogP contribution >= 0.6 is 0 Å². The number of hydrogen-bond acceptors (Lipinski definition) is 5. The molecule has 8 heteroatoms. The smallest absolute Gasteiger partial charge is 0.211 e. The highest BCUT2D eigenvalue weighted by Crippen LogP contribution is 2.16. The first-order valence-corrected chi connectivity index (χ1v) is 7.73. The fourth-order valence-electron chi connectivity index (χ4n) is 2.01. The molecule has 0 atom stereocenters. The second-order valence-corrected chi connectivity index (χ2v) is 6.45. The Kier molecular flexibility index (Phi) is 3.72. The van der Waals surface area contributed by atoms with Crippen molar-refractivity contribution in [2.24, 2.45) is 5.73 Å². The maximum atomic E-state index is 11.4. The van der Waals surface area contributed by atoms with Gasteiger partial charge in [0.05, 0.1) is 18.1 Å². The number of sulfonamides is 1. The minimum absolute atomic E-state index is 0.0616. The van der Waals surface area contributed by atoms with E-state index in [0.717, 1.165) is 5.69 Å². The second-order valence-electron chi connectivity index (χ2n) is 4.46. The van der Waals surface area contributed by atoms with Gasteiger partial charge in [-0.15, -0.1) is 0 Å². The minimum atomic E-state index is -3.10. The second kappa shape index (κ2) is 5.14. The fraction of sp³-hybridized carbons (Fsp3) is 0.455. The third-order valence-electron chi connectivity index (χ3n) is 3.10. The summed E-state index contributed by atoms with van der Waals surface area (Å²) in [5, 5.41) is 7.27. The van der Waals surface area contributed by atoms with E-state index in [0.29, 0.717) is 31.9 Å². The fourth-order valence-corrected chi connectivity index (χ4v) is 2.84. The molecule has 7 nitrogen and oxygen atoms in total. The van der Waals surface area contributed by atoms with Gasteiger partial charge in [0.15, 0.2) is 0 Å². The molecular formula is C11H17N5O2S. The van der Waals surface area contributed by atoms with Gasteiger partial charge in [0.25, 0.3) is 0 Å². The summed E-state index contributed by atoms with van der Waals surface area (Å²) in [7, 11) is -3.10. The molecule has 0 bridgehead atoms. The largest absolute Gasteiger partial charge is 0.382 e. The van der Waals surface area contributed by atoms with Crippen molar-refractivity contribution in [3.63, 3.8) is 0 Å². The van der Waals surface area contributed by atoms with Gasteiger partial charge in [-0.25, -0.2) is 8.42 Å². The van der Waals surface area contributed by atoms with Crippen molar-refractivity contribution in [2.75, 3.05) is 37.3 Å². The van der Waals surface area contributed by atoms with Gasteiger partial charge in [0.2, 0.25) is 10.0 Å². The number of hydrogen-bond donors (Lipinski definition) is 2. The number of pyridine rings is 1. The molecule has 1 aliphatic rings. The summed E-state index contributed by atoms with van der Waals surface area (Å²) in [5.41, 5.74) is 6.70. The topological polar surface area (TPSA) is 103 Å². The Hall–Kier alpha value is -1.67. The van der Waals surface area contributed by atoms with Gasteiger partial charge in [-0.1, -0.05) is 0 Å². The zero-order valence-corrected chi connectivity index (χ0v) is 11.5. The van der Waals surface area contributed by atoms with Gasteiger partial charge in [-0.3, -0.25) is 10.4 Å². The van der Waals surface area contributed by atoms with Crippen LogP contribution in [0.15, 0.2) is 18.3 Å². The zero-order chi connectivity index (χ0) is 14.0. The normalized spacial score (nSPS) is 17.4. The van der Waals surface area contributed by atoms with E-state index in [1.807, 2.05) is 6.07 Å². The maximum absolute atomic E-state index is 11.4. The number of rotatable bonds is 3. The van der Waals surface area contributed by atoms with Crippen LogP contribution in [0.4, 0.5) is 5.69 Å². The molecule has 19 heavy (non-hydrogen) atoms. The number of nitrogens with one attached hydrogen (secondary N) is 1. The van der Waals surface area contributed by atoms with Gasteiger partial charge < -0.3 is 10.6 Å². The number of anilines is 1. The lowest BCUT2D eigenvalue weighted by atomic mass is 10.2. The molecule has 0 aromatic carbocycles. The van der Waals surface area contributed by atoms with E-state index in [1.165, 1.54) is 10.6 Å². The van der Waals surface area contributed by atoms with Gasteiger partial charge >= 0.3 is 0 Å². The summed E-state index contributed by atoms with van der Waals surface area (Å²) < 4.78 is 24.3. The predicted molar refractivity (Wildman–Crippen MR) is 73.9 cm³/mol. The first-order chi connectivity index (χ1) is 8.88. The molecule has 0 unspecified atom stereocenters. The van der Waals surface area contributed by atoms with Crippen molar-refractivity contribution in [3.05, 3.63) is 24.0 Å². The predicted octanol–water partition coefficient (Wildman–Crippen LogP) is -0.553. The number of nitrogen functional groups attached to an aromatic ring is 1. The maximum Gasteiger partial charge on any atom is 0.211 e. The Morgan fingerprint density at radius 3 is 2.37 bits per heavy atom. The Balaban J connectivity index is 2.03. The van der Waals surface area contributed by atoms with Crippen LogP contribution in [-0.4, -0.2) is 56.0 Å². The van der Waals surface area contributed by atoms with E-state index in [1.54, 1.807) is 12.3 Å². The van der Waals surface area contributed by atoms with Gasteiger partial charge in [0.1, 0.15) is 11.5 Å². The lowest BCUT2D eigenvalue weighted by molar-refractivity contribution is 0.388. The summed E-state index contributed by atoms with van der Waals surface area (Å²) in [5.74, 6) is -0.0616. The molecule has 2 rings (SSSR count). The van der Waals surface area contributed by atoms with Crippen LogP contribution in [0.3, 0.4) is 0 Å². The molecule has 2 heterocycles. The van der Waals surface area contributed by atoms with Crippen molar-refractivity contribution in [1.29, 1.82) is 5.41 Å². The standard InChI is InChI=1S/C11H17N5O2S/c1-19(17,18)16-6-4-15(5-7-16)9-2-3-10(11(12)13)14-8-9/h2-3,8H,4-7H2,1H3,(H3,12,13). The van der Waals surface area contributed by atoms with Crippen molar-refractivity contribution in [3.8, 4) is 0 Å². The van der Waals surface area contributed by atoms with Crippen LogP contribution in [0.2, 0.25) is 0 Å². The Morgan fingerprint density at radius 1 is 1.32 bits per heavy atom. The number of nitrogens with zero attached hydrogens (tertiary/aromatic N) is 3. The van der Waals surface area contributed by atoms with E-state index in [4.69, 9.17) is 11.1 Å². The summed E-state index contributed by atoms with van der Waals surface area (Å²) in [6.45, 7) is 2.23. The van der Waals surface area contributed by atoms with E-state index in [9.17, 15) is 8.42 Å². The van der Waals surface area contributed by atoms with Crippen LogP contribution in [-0.2, 0) is 10.0 Å². The molecule has 0 amide bonds. The number of amidine groups is 1. The van der Waals surface area contributed by atoms with Crippen molar-refractivity contribution in [2.45, 2.75) is 0 Å². The van der Waals surface area contributed by atoms with Crippen molar-refractivity contribution in [1.82, 2.24) is 9.29 Å². The Labute approximate surface area is 112 Å². The van der Waals surface area contributed by atoms with Gasteiger partial charge in [0, 0.05) is 26.2 Å². The molecule has 1 aromatic rings. The quantitative estimate of drug-likeness (QED) is 0.572. The average molecular weight is 283 g/mol. The molecule has 0 radical (unpaired) electrons.